The van der Waals surface area contributed by atoms with E-state index in [0.717, 1.165) is 50.8 Å². The number of fused-ring (bicyclic) bond motifs is 9. The third-order valence-electron chi connectivity index (χ3n) is 16.8. The number of anilines is 6. The molecule has 2 nitrogen and oxygen atoms in total. The highest BCUT2D eigenvalue weighted by Crippen LogP contribution is 2.58. The van der Waals surface area contributed by atoms with E-state index in [1.165, 1.54) is 90.4 Å². The van der Waals surface area contributed by atoms with Crippen molar-refractivity contribution >= 4 is 97.1 Å². The molecule has 0 atom stereocenters. The lowest BCUT2D eigenvalue weighted by Crippen LogP contribution is -2.28. The maximum Gasteiger partial charge on any atom is 0.0713 e. The smallest absolute Gasteiger partial charge is 0.0713 e. The van der Waals surface area contributed by atoms with Crippen LogP contribution in [-0.2, 0) is 5.41 Å². The van der Waals surface area contributed by atoms with Gasteiger partial charge in [0.05, 0.1) is 5.41 Å². The first-order chi connectivity index (χ1) is 41.2. The summed E-state index contributed by atoms with van der Waals surface area (Å²) >= 11 is 3.77. The standard InChI is InChI=1S/C79H52N2S2/c1-7-25-53(26-8-1)54-45-55(68-49-63(51-71-66-38-20-23-41-75(66)82-77(68)71)80(59-31-13-4-14-32-59)60-33-15-5-16-34-60)47-56(46-54)69-50-64(52-72-67-39-21-24-42-76(67)83-78(69)72)81(61-35-17-6-18-36-61)62-43-44-74-70(48-62)65-37-19-22-40-73(65)79(74,57-27-9-2-10-28-57)58-29-11-3-12-30-58/h1-52H. The largest absolute Gasteiger partial charge is 0.310 e. The van der Waals surface area contributed by atoms with Crippen LogP contribution in [0, 0.1) is 0 Å². The Morgan fingerprint density at radius 3 is 1.12 bits per heavy atom. The zero-order chi connectivity index (χ0) is 54.8. The van der Waals surface area contributed by atoms with E-state index in [4.69, 9.17) is 0 Å². The first-order valence-electron chi connectivity index (χ1n) is 28.4. The monoisotopic (exact) mass is 1090 g/mol. The summed E-state index contributed by atoms with van der Waals surface area (Å²) in [6.07, 6.45) is 0. The van der Waals surface area contributed by atoms with Crippen molar-refractivity contribution in [2.24, 2.45) is 0 Å². The highest BCUT2D eigenvalue weighted by atomic mass is 32.1. The van der Waals surface area contributed by atoms with Gasteiger partial charge in [0.1, 0.15) is 0 Å². The number of hydrogen-bond donors (Lipinski definition) is 0. The van der Waals surface area contributed by atoms with Crippen LogP contribution >= 0.6 is 22.7 Å². The van der Waals surface area contributed by atoms with Crippen LogP contribution in [0.5, 0.6) is 0 Å². The van der Waals surface area contributed by atoms with Crippen molar-refractivity contribution in [3.63, 3.8) is 0 Å². The molecule has 0 N–H and O–H groups in total. The summed E-state index contributed by atoms with van der Waals surface area (Å²) in [6, 6.07) is 117. The lowest BCUT2D eigenvalue weighted by Gasteiger charge is -2.34. The van der Waals surface area contributed by atoms with Gasteiger partial charge in [-0.05, 0) is 159 Å². The number of hydrogen-bond acceptors (Lipinski definition) is 4. The number of rotatable bonds is 11. The number of nitrogens with zero attached hydrogens (tertiary/aromatic N) is 2. The summed E-state index contributed by atoms with van der Waals surface area (Å²) in [4.78, 5) is 4.89. The SMILES string of the molecule is c1ccc(-c2cc(-c3cc(N(c4ccccc4)c4ccccc4)cc4c3sc3ccccc34)cc(-c3cc(N(c4ccccc4)c4ccc5c(c4)-c4ccccc4C5(c4ccccc4)c4ccccc4)cc4c3sc3ccccc34)c2)cc1. The van der Waals surface area contributed by atoms with E-state index in [9.17, 15) is 0 Å². The predicted octanol–water partition coefficient (Wildman–Crippen LogP) is 22.7. The Morgan fingerprint density at radius 2 is 0.614 bits per heavy atom. The molecule has 0 spiro atoms. The second-order valence-corrected chi connectivity index (χ2v) is 23.6. The Bertz CT molecular complexity index is 4820. The zero-order valence-corrected chi connectivity index (χ0v) is 46.9. The summed E-state index contributed by atoms with van der Waals surface area (Å²) in [5, 5.41) is 5.00. The van der Waals surface area contributed by atoms with Crippen molar-refractivity contribution in [2.75, 3.05) is 9.80 Å². The minimum absolute atomic E-state index is 0.504. The zero-order valence-electron chi connectivity index (χ0n) is 45.2. The average molecular weight is 1090 g/mol. The molecule has 4 heteroatoms. The molecule has 2 heterocycles. The fraction of sp³-hybridized carbons (Fsp3) is 0.0127. The molecule has 0 bridgehead atoms. The highest BCUT2D eigenvalue weighted by molar-refractivity contribution is 7.26. The van der Waals surface area contributed by atoms with Gasteiger partial charge in [0.15, 0.2) is 0 Å². The van der Waals surface area contributed by atoms with Crippen LogP contribution in [0.3, 0.4) is 0 Å². The molecule has 83 heavy (non-hydrogen) atoms. The van der Waals surface area contributed by atoms with E-state index in [2.05, 4.69) is 325 Å². The van der Waals surface area contributed by atoms with Gasteiger partial charge in [0, 0.05) is 85.6 Å². The minimum atomic E-state index is -0.504. The van der Waals surface area contributed by atoms with Crippen molar-refractivity contribution in [1.82, 2.24) is 0 Å². The Balaban J connectivity index is 0.950. The van der Waals surface area contributed by atoms with Crippen LogP contribution in [0.25, 0.3) is 84.9 Å². The molecule has 0 saturated carbocycles. The van der Waals surface area contributed by atoms with E-state index >= 15 is 0 Å². The lowest BCUT2D eigenvalue weighted by molar-refractivity contribution is 0.768. The molecule has 15 aromatic rings. The van der Waals surface area contributed by atoms with Crippen LogP contribution in [0.4, 0.5) is 34.1 Å². The highest BCUT2D eigenvalue weighted by Gasteiger charge is 2.46. The van der Waals surface area contributed by atoms with Gasteiger partial charge in [0.2, 0.25) is 0 Å². The summed E-state index contributed by atoms with van der Waals surface area (Å²) in [5.41, 5.74) is 20.7. The van der Waals surface area contributed by atoms with Crippen LogP contribution in [-0.4, -0.2) is 0 Å². The van der Waals surface area contributed by atoms with Gasteiger partial charge in [-0.25, -0.2) is 0 Å². The third-order valence-corrected chi connectivity index (χ3v) is 19.3. The van der Waals surface area contributed by atoms with Crippen molar-refractivity contribution in [3.8, 4) is 44.5 Å². The maximum atomic E-state index is 2.48. The summed E-state index contributed by atoms with van der Waals surface area (Å²) in [5.74, 6) is 0. The Hall–Kier alpha value is -10.1. The number of para-hydroxylation sites is 3. The summed E-state index contributed by atoms with van der Waals surface area (Å²) in [7, 11) is 0. The molecule has 0 aliphatic heterocycles. The van der Waals surface area contributed by atoms with Gasteiger partial charge in [-0.15, -0.1) is 22.7 Å². The molecular formula is C79H52N2S2. The van der Waals surface area contributed by atoms with Gasteiger partial charge in [0.25, 0.3) is 0 Å². The molecule has 16 rings (SSSR count). The number of thiophene rings is 2. The van der Waals surface area contributed by atoms with E-state index in [-0.39, 0.29) is 0 Å². The molecule has 390 valence electrons. The van der Waals surface area contributed by atoms with Crippen molar-refractivity contribution in [2.45, 2.75) is 5.41 Å². The van der Waals surface area contributed by atoms with E-state index in [0.29, 0.717) is 0 Å². The topological polar surface area (TPSA) is 6.48 Å². The molecule has 0 amide bonds. The maximum absolute atomic E-state index is 2.48. The van der Waals surface area contributed by atoms with Crippen molar-refractivity contribution < 1.29 is 0 Å². The minimum Gasteiger partial charge on any atom is -0.310 e. The van der Waals surface area contributed by atoms with E-state index in [1.54, 1.807) is 0 Å². The van der Waals surface area contributed by atoms with Gasteiger partial charge in [-0.3, -0.25) is 0 Å². The van der Waals surface area contributed by atoms with Crippen LogP contribution in [0.1, 0.15) is 22.3 Å². The molecule has 2 aromatic heterocycles. The first-order valence-corrected chi connectivity index (χ1v) is 30.0. The van der Waals surface area contributed by atoms with Crippen molar-refractivity contribution in [1.29, 1.82) is 0 Å². The van der Waals surface area contributed by atoms with Crippen molar-refractivity contribution in [3.05, 3.63) is 338 Å². The third kappa shape index (κ3) is 8.13. The van der Waals surface area contributed by atoms with E-state index < -0.39 is 5.41 Å². The number of benzene rings is 13. The second-order valence-electron chi connectivity index (χ2n) is 21.5. The Morgan fingerprint density at radius 1 is 0.229 bits per heavy atom. The van der Waals surface area contributed by atoms with Crippen LogP contribution < -0.4 is 9.80 Å². The molecule has 1 aliphatic carbocycles. The second kappa shape index (κ2) is 20.2. The molecular weight excluding hydrogens is 1040 g/mol. The quantitative estimate of drug-likeness (QED) is 0.127. The van der Waals surface area contributed by atoms with Gasteiger partial charge < -0.3 is 9.80 Å². The van der Waals surface area contributed by atoms with Crippen LogP contribution in [0.2, 0.25) is 0 Å². The Labute approximate surface area is 491 Å². The molecule has 1 aliphatic rings. The van der Waals surface area contributed by atoms with E-state index in [1.807, 2.05) is 22.7 Å². The molecule has 0 fully saturated rings. The fourth-order valence-corrected chi connectivity index (χ4v) is 15.7. The predicted molar refractivity (Wildman–Crippen MR) is 355 cm³/mol. The van der Waals surface area contributed by atoms with Gasteiger partial charge in [-0.2, -0.15) is 0 Å². The summed E-state index contributed by atoms with van der Waals surface area (Å²) < 4.78 is 5.07. The summed E-state index contributed by atoms with van der Waals surface area (Å²) in [6.45, 7) is 0. The molecule has 0 unspecified atom stereocenters. The average Bonchev–Trinajstić information content (AvgIpc) is 1.83. The first kappa shape index (κ1) is 48.8. The lowest BCUT2D eigenvalue weighted by atomic mass is 9.68. The molecule has 0 saturated heterocycles. The van der Waals surface area contributed by atoms with Gasteiger partial charge >= 0.3 is 0 Å². The fourth-order valence-electron chi connectivity index (χ4n) is 13.2. The Kier molecular flexibility index (Phi) is 11.8. The molecule has 0 radical (unpaired) electrons. The van der Waals surface area contributed by atoms with Crippen LogP contribution in [0.15, 0.2) is 315 Å². The normalized spacial score (nSPS) is 12.4. The van der Waals surface area contributed by atoms with Gasteiger partial charge in [-0.1, -0.05) is 212 Å². The molecule has 13 aromatic carbocycles.